The highest BCUT2D eigenvalue weighted by atomic mass is 32.2. The Morgan fingerprint density at radius 1 is 0.952 bits per heavy atom. The Balaban J connectivity index is 2.43. The van der Waals surface area contributed by atoms with Crippen LogP contribution in [0.2, 0.25) is 0 Å². The van der Waals surface area contributed by atoms with Crippen molar-refractivity contribution >= 4 is 15.8 Å². The van der Waals surface area contributed by atoms with E-state index in [2.05, 4.69) is 0 Å². The van der Waals surface area contributed by atoms with E-state index in [1.165, 1.54) is 12.1 Å². The molecule has 21 heavy (non-hydrogen) atoms. The summed E-state index contributed by atoms with van der Waals surface area (Å²) in [5, 5.41) is 0. The number of carbonyl (C=O) groups excluding carboxylic acids is 1. The number of hydrogen-bond donors (Lipinski definition) is 0. The number of sulfone groups is 1. The Kier molecular flexibility index (Phi) is 4.14. The van der Waals surface area contributed by atoms with Crippen LogP contribution < -0.4 is 4.74 Å². The molecular weight excluding hydrogens is 288 g/mol. The van der Waals surface area contributed by atoms with E-state index in [-0.39, 0.29) is 10.5 Å². The third-order valence-electron chi connectivity index (χ3n) is 3.11. The summed E-state index contributed by atoms with van der Waals surface area (Å²) < 4.78 is 28.9. The standard InChI is InChI=1S/C16H16O4S/c1-11-7-6-8-12(2)15(11)20-16(17)13-9-4-5-10-14(13)21(3,18)19/h4-10H,1-3H3. The Labute approximate surface area is 124 Å². The Bertz CT molecular complexity index is 771. The minimum atomic E-state index is -3.49. The lowest BCUT2D eigenvalue weighted by atomic mass is 10.1. The molecule has 0 N–H and O–H groups in total. The number of hydrogen-bond acceptors (Lipinski definition) is 4. The second kappa shape index (κ2) is 5.69. The zero-order valence-electron chi connectivity index (χ0n) is 12.1. The number of aryl methyl sites for hydroxylation is 2. The third-order valence-corrected chi connectivity index (χ3v) is 4.26. The van der Waals surface area contributed by atoms with Crippen LogP contribution in [0.5, 0.6) is 5.75 Å². The maximum atomic E-state index is 12.3. The number of esters is 1. The molecule has 0 radical (unpaired) electrons. The molecule has 2 aromatic rings. The van der Waals surface area contributed by atoms with Crippen molar-refractivity contribution in [1.82, 2.24) is 0 Å². The lowest BCUT2D eigenvalue weighted by Gasteiger charge is -2.11. The molecule has 2 rings (SSSR count). The van der Waals surface area contributed by atoms with E-state index in [9.17, 15) is 13.2 Å². The third kappa shape index (κ3) is 3.31. The van der Waals surface area contributed by atoms with Gasteiger partial charge in [-0.05, 0) is 37.1 Å². The van der Waals surface area contributed by atoms with E-state index < -0.39 is 15.8 Å². The van der Waals surface area contributed by atoms with Gasteiger partial charge in [0.25, 0.3) is 0 Å². The highest BCUT2D eigenvalue weighted by Crippen LogP contribution is 2.25. The lowest BCUT2D eigenvalue weighted by Crippen LogP contribution is -2.14. The Morgan fingerprint density at radius 2 is 1.52 bits per heavy atom. The number of ether oxygens (including phenoxy) is 1. The number of carbonyl (C=O) groups is 1. The predicted molar refractivity (Wildman–Crippen MR) is 80.4 cm³/mol. The highest BCUT2D eigenvalue weighted by Gasteiger charge is 2.20. The fourth-order valence-corrected chi connectivity index (χ4v) is 2.94. The largest absolute Gasteiger partial charge is 0.422 e. The molecule has 0 heterocycles. The van der Waals surface area contributed by atoms with E-state index in [0.29, 0.717) is 5.75 Å². The smallest absolute Gasteiger partial charge is 0.344 e. The minimum absolute atomic E-state index is 0.0266. The highest BCUT2D eigenvalue weighted by molar-refractivity contribution is 7.90. The van der Waals surface area contributed by atoms with Gasteiger partial charge in [-0.2, -0.15) is 0 Å². The van der Waals surface area contributed by atoms with Crippen molar-refractivity contribution in [3.8, 4) is 5.75 Å². The average Bonchev–Trinajstić information content (AvgIpc) is 2.42. The fraction of sp³-hybridized carbons (Fsp3) is 0.188. The molecule has 5 heteroatoms. The number of para-hydroxylation sites is 1. The van der Waals surface area contributed by atoms with E-state index in [1.54, 1.807) is 12.1 Å². The molecule has 110 valence electrons. The number of benzene rings is 2. The van der Waals surface area contributed by atoms with Gasteiger partial charge in [-0.3, -0.25) is 0 Å². The van der Waals surface area contributed by atoms with Gasteiger partial charge < -0.3 is 4.74 Å². The van der Waals surface area contributed by atoms with Crippen molar-refractivity contribution in [3.63, 3.8) is 0 Å². The van der Waals surface area contributed by atoms with Gasteiger partial charge in [-0.15, -0.1) is 0 Å². The van der Waals surface area contributed by atoms with E-state index in [1.807, 2.05) is 32.0 Å². The van der Waals surface area contributed by atoms with Crippen LogP contribution in [0, 0.1) is 13.8 Å². The molecule has 0 aliphatic rings. The molecule has 4 nitrogen and oxygen atoms in total. The molecule has 0 fully saturated rings. The molecule has 0 unspecified atom stereocenters. The summed E-state index contributed by atoms with van der Waals surface area (Å²) in [5.74, 6) is -0.209. The van der Waals surface area contributed by atoms with Crippen LogP contribution in [-0.4, -0.2) is 20.6 Å². The summed E-state index contributed by atoms with van der Waals surface area (Å²) in [7, 11) is -3.49. The summed E-state index contributed by atoms with van der Waals surface area (Å²) in [6, 6.07) is 11.6. The first-order chi connectivity index (χ1) is 9.80. The molecule has 0 aliphatic heterocycles. The van der Waals surface area contributed by atoms with Crippen LogP contribution in [0.4, 0.5) is 0 Å². The molecule has 0 amide bonds. The first kappa shape index (κ1) is 15.3. The Hall–Kier alpha value is -2.14. The second-order valence-corrected chi connectivity index (χ2v) is 6.86. The zero-order valence-corrected chi connectivity index (χ0v) is 12.9. The fourth-order valence-electron chi connectivity index (χ4n) is 2.07. The van der Waals surface area contributed by atoms with Gasteiger partial charge in [-0.1, -0.05) is 30.3 Å². The van der Waals surface area contributed by atoms with Gasteiger partial charge in [0.1, 0.15) is 5.75 Å². The van der Waals surface area contributed by atoms with Crippen molar-refractivity contribution in [2.75, 3.05) is 6.26 Å². The quantitative estimate of drug-likeness (QED) is 0.646. The second-order valence-electron chi connectivity index (χ2n) is 4.88. The average molecular weight is 304 g/mol. The first-order valence-electron chi connectivity index (χ1n) is 6.38. The van der Waals surface area contributed by atoms with Gasteiger partial charge in [0.05, 0.1) is 10.5 Å². The van der Waals surface area contributed by atoms with Crippen molar-refractivity contribution in [2.45, 2.75) is 18.7 Å². The van der Waals surface area contributed by atoms with Crippen molar-refractivity contribution < 1.29 is 17.9 Å². The first-order valence-corrected chi connectivity index (χ1v) is 8.27. The number of rotatable bonds is 3. The van der Waals surface area contributed by atoms with E-state index in [0.717, 1.165) is 17.4 Å². The van der Waals surface area contributed by atoms with Crippen LogP contribution in [0.25, 0.3) is 0 Å². The van der Waals surface area contributed by atoms with Crippen LogP contribution in [0.15, 0.2) is 47.4 Å². The molecule has 2 aromatic carbocycles. The summed E-state index contributed by atoms with van der Waals surface area (Å²) in [5.41, 5.74) is 1.68. The minimum Gasteiger partial charge on any atom is -0.422 e. The molecule has 0 bridgehead atoms. The van der Waals surface area contributed by atoms with Crippen molar-refractivity contribution in [1.29, 1.82) is 0 Å². The van der Waals surface area contributed by atoms with Gasteiger partial charge in [0.2, 0.25) is 0 Å². The summed E-state index contributed by atoms with van der Waals surface area (Å²) in [6.45, 7) is 3.66. The summed E-state index contributed by atoms with van der Waals surface area (Å²) in [4.78, 5) is 12.3. The summed E-state index contributed by atoms with van der Waals surface area (Å²) >= 11 is 0. The lowest BCUT2D eigenvalue weighted by molar-refractivity contribution is 0.0728. The van der Waals surface area contributed by atoms with Gasteiger partial charge in [0.15, 0.2) is 9.84 Å². The molecule has 0 aromatic heterocycles. The molecule has 0 saturated heterocycles. The predicted octanol–water partition coefficient (Wildman–Crippen LogP) is 2.93. The van der Waals surface area contributed by atoms with Crippen LogP contribution in [0.3, 0.4) is 0 Å². The normalized spacial score (nSPS) is 11.2. The topological polar surface area (TPSA) is 60.4 Å². The SMILES string of the molecule is Cc1cccc(C)c1OC(=O)c1ccccc1S(C)(=O)=O. The van der Waals surface area contributed by atoms with Crippen LogP contribution in [0.1, 0.15) is 21.5 Å². The van der Waals surface area contributed by atoms with Gasteiger partial charge in [-0.25, -0.2) is 13.2 Å². The van der Waals surface area contributed by atoms with Crippen LogP contribution in [-0.2, 0) is 9.84 Å². The van der Waals surface area contributed by atoms with Crippen LogP contribution >= 0.6 is 0 Å². The van der Waals surface area contributed by atoms with Crippen molar-refractivity contribution in [3.05, 3.63) is 59.2 Å². The zero-order chi connectivity index (χ0) is 15.6. The van der Waals surface area contributed by atoms with E-state index >= 15 is 0 Å². The van der Waals surface area contributed by atoms with E-state index in [4.69, 9.17) is 4.74 Å². The molecule has 0 aliphatic carbocycles. The maximum absolute atomic E-state index is 12.3. The van der Waals surface area contributed by atoms with Gasteiger partial charge >= 0.3 is 5.97 Å². The maximum Gasteiger partial charge on any atom is 0.344 e. The molecule has 0 saturated carbocycles. The monoisotopic (exact) mass is 304 g/mol. The Morgan fingerprint density at radius 3 is 2.10 bits per heavy atom. The molecule has 0 atom stereocenters. The molecule has 0 spiro atoms. The van der Waals surface area contributed by atoms with Gasteiger partial charge in [0, 0.05) is 6.26 Å². The molecular formula is C16H16O4S. The summed E-state index contributed by atoms with van der Waals surface area (Å²) in [6.07, 6.45) is 1.07. The van der Waals surface area contributed by atoms with Crippen molar-refractivity contribution in [2.24, 2.45) is 0 Å².